The van der Waals surface area contributed by atoms with Gasteiger partial charge in [-0.3, -0.25) is 28.1 Å². The number of carboxylic acid groups (broad SMARTS) is 3. The van der Waals surface area contributed by atoms with Gasteiger partial charge in [-0.1, -0.05) is 0 Å². The number of hydrogen-bond acceptors (Lipinski definition) is 7. The number of hydrogen-bond donors (Lipinski definition) is 10. The van der Waals surface area contributed by atoms with Crippen LogP contribution in [0.5, 0.6) is 0 Å². The summed E-state index contributed by atoms with van der Waals surface area (Å²) in [5.74, 6) is -5.25. The zero-order chi connectivity index (χ0) is 23.4. The smallest absolute Gasteiger partial charge is 0.369 e. The average molecular weight is 476 g/mol. The second kappa shape index (κ2) is 9.55. The summed E-state index contributed by atoms with van der Waals surface area (Å²) in [6, 6.07) is 0. The molecule has 0 aromatic heterocycles. The van der Waals surface area contributed by atoms with E-state index >= 15 is 0 Å². The van der Waals surface area contributed by atoms with Gasteiger partial charge in [-0.15, -0.1) is 0 Å². The molecule has 0 aromatic carbocycles. The van der Waals surface area contributed by atoms with Gasteiger partial charge in [-0.2, -0.15) is 0 Å². The van der Waals surface area contributed by atoms with Crippen LogP contribution in [-0.2, 0) is 28.1 Å². The summed E-state index contributed by atoms with van der Waals surface area (Å²) in [7, 11) is -15.7. The zero-order valence-corrected chi connectivity index (χ0v) is 16.6. The minimum Gasteiger partial charge on any atom is -0.481 e. The van der Waals surface area contributed by atoms with Gasteiger partial charge in [0.25, 0.3) is 5.08 Å². The van der Waals surface area contributed by atoms with Crippen molar-refractivity contribution < 1.29 is 77.9 Å². The van der Waals surface area contributed by atoms with Gasteiger partial charge in [0.05, 0.1) is 6.42 Å². The standard InChI is InChI=1S/C7H11O9P.C2H8O7P2/c8-4(9)1-2-7(6(12)13,3-5(10)11)17(14,15)16;1-2(3,10(4,5)6)11(7,8)9/h1-3H2,(H,8,9)(H,10,11)(H,12,13)(H2,14,15,16);3H,1H3,(H2,4,5,6)(H2,7,8,9). The minimum absolute atomic E-state index is 0.383. The van der Waals surface area contributed by atoms with Gasteiger partial charge < -0.3 is 49.8 Å². The Morgan fingerprint density at radius 3 is 1.25 bits per heavy atom. The lowest BCUT2D eigenvalue weighted by molar-refractivity contribution is -0.148. The molecule has 0 saturated heterocycles. The molecule has 0 radical (unpaired) electrons. The molecule has 10 N–H and O–H groups in total. The molecule has 0 aliphatic carbocycles. The largest absolute Gasteiger partial charge is 0.481 e. The van der Waals surface area contributed by atoms with Crippen molar-refractivity contribution >= 4 is 40.7 Å². The highest BCUT2D eigenvalue weighted by molar-refractivity contribution is 7.71. The van der Waals surface area contributed by atoms with E-state index in [-0.39, 0.29) is 0 Å². The normalized spacial score (nSPS) is 15.0. The maximum absolute atomic E-state index is 11.1. The molecule has 16 nitrogen and oxygen atoms in total. The monoisotopic (exact) mass is 476 g/mol. The highest BCUT2D eigenvalue weighted by Gasteiger charge is 2.56. The van der Waals surface area contributed by atoms with Crippen molar-refractivity contribution in [3.63, 3.8) is 0 Å². The van der Waals surface area contributed by atoms with Crippen LogP contribution in [-0.4, -0.2) is 77.9 Å². The molecule has 0 amide bonds. The summed E-state index contributed by atoms with van der Waals surface area (Å²) < 4.78 is 31.6. The summed E-state index contributed by atoms with van der Waals surface area (Å²) in [5.41, 5.74) is 0. The molecule has 0 spiro atoms. The van der Waals surface area contributed by atoms with Gasteiger partial charge in [-0.25, -0.2) is 0 Å². The third-order valence-corrected chi connectivity index (χ3v) is 8.71. The maximum Gasteiger partial charge on any atom is 0.369 e. The average Bonchev–Trinajstić information content (AvgIpc) is 2.39. The molecule has 0 rings (SSSR count). The van der Waals surface area contributed by atoms with Crippen molar-refractivity contribution in [3.05, 3.63) is 0 Å². The lowest BCUT2D eigenvalue weighted by atomic mass is 9.98. The van der Waals surface area contributed by atoms with Gasteiger partial charge in [-0.05, 0) is 13.3 Å². The predicted octanol–water partition coefficient (Wildman–Crippen LogP) is -1.67. The number of aliphatic hydroxyl groups is 1. The van der Waals surface area contributed by atoms with E-state index < -0.39 is 70.2 Å². The lowest BCUT2D eigenvalue weighted by Gasteiger charge is -2.27. The number of rotatable bonds is 9. The summed E-state index contributed by atoms with van der Waals surface area (Å²) in [4.78, 5) is 82.5. The molecular formula is C9H19O16P3. The quantitative estimate of drug-likeness (QED) is 0.166. The Morgan fingerprint density at radius 2 is 1.11 bits per heavy atom. The van der Waals surface area contributed by atoms with Crippen LogP contribution < -0.4 is 0 Å². The third kappa shape index (κ3) is 7.68. The van der Waals surface area contributed by atoms with E-state index in [9.17, 15) is 28.1 Å². The molecular weight excluding hydrogens is 457 g/mol. The summed E-state index contributed by atoms with van der Waals surface area (Å²) >= 11 is 0. The number of carbonyl (C=O) groups is 3. The Balaban J connectivity index is 0. The molecule has 1 atom stereocenters. The summed E-state index contributed by atoms with van der Waals surface area (Å²) in [6.07, 6.45) is -3.17. The van der Waals surface area contributed by atoms with E-state index in [1.807, 2.05) is 0 Å². The molecule has 1 unspecified atom stereocenters. The Kier molecular flexibility index (Phi) is 9.90. The van der Waals surface area contributed by atoms with Crippen LogP contribution in [0, 0.1) is 0 Å². The second-order valence-corrected chi connectivity index (χ2v) is 11.6. The van der Waals surface area contributed by atoms with Crippen molar-refractivity contribution in [2.45, 2.75) is 36.4 Å². The number of aliphatic carboxylic acids is 3. The molecule has 19 heteroatoms. The Labute approximate surface area is 155 Å². The van der Waals surface area contributed by atoms with E-state index in [4.69, 9.17) is 49.8 Å². The third-order valence-electron chi connectivity index (χ3n) is 3.26. The van der Waals surface area contributed by atoms with E-state index in [1.165, 1.54) is 0 Å². The topological polar surface area (TPSA) is 305 Å². The van der Waals surface area contributed by atoms with Gasteiger partial charge in [0.1, 0.15) is 0 Å². The van der Waals surface area contributed by atoms with Gasteiger partial charge in [0, 0.05) is 6.42 Å². The van der Waals surface area contributed by atoms with Crippen molar-refractivity contribution in [2.24, 2.45) is 0 Å². The van der Waals surface area contributed by atoms with Gasteiger partial charge in [0.2, 0.25) is 0 Å². The first kappa shape index (κ1) is 29.0. The Morgan fingerprint density at radius 1 is 0.750 bits per heavy atom. The van der Waals surface area contributed by atoms with Gasteiger partial charge in [0.15, 0.2) is 5.16 Å². The first-order valence-corrected chi connectivity index (χ1v) is 11.4. The van der Waals surface area contributed by atoms with Crippen LogP contribution in [0.15, 0.2) is 0 Å². The first-order chi connectivity index (χ1) is 12.0. The lowest BCUT2D eigenvalue weighted by Crippen LogP contribution is -2.41. The van der Waals surface area contributed by atoms with Crippen LogP contribution in [0.1, 0.15) is 26.2 Å². The fourth-order valence-electron chi connectivity index (χ4n) is 1.38. The van der Waals surface area contributed by atoms with E-state index in [2.05, 4.69) is 0 Å². The van der Waals surface area contributed by atoms with E-state index in [1.54, 1.807) is 0 Å². The Hall–Kier alpha value is -1.18. The minimum atomic E-state index is -5.32. The number of carboxylic acids is 3. The fraction of sp³-hybridized carbons (Fsp3) is 0.667. The van der Waals surface area contributed by atoms with Crippen molar-refractivity contribution in [2.75, 3.05) is 0 Å². The second-order valence-electron chi connectivity index (χ2n) is 5.40. The molecule has 0 aromatic rings. The summed E-state index contributed by atoms with van der Waals surface area (Å²) in [6.45, 7) is 0.383. The van der Waals surface area contributed by atoms with E-state index in [0.717, 1.165) is 0 Å². The molecule has 166 valence electrons. The van der Waals surface area contributed by atoms with Crippen LogP contribution in [0.3, 0.4) is 0 Å². The van der Waals surface area contributed by atoms with E-state index in [0.29, 0.717) is 6.92 Å². The van der Waals surface area contributed by atoms with Crippen molar-refractivity contribution in [1.82, 2.24) is 0 Å². The highest BCUT2D eigenvalue weighted by Crippen LogP contribution is 2.66. The molecule has 0 fully saturated rings. The summed E-state index contributed by atoms with van der Waals surface area (Å²) in [5, 5.41) is 28.1. The highest BCUT2D eigenvalue weighted by atomic mass is 31.2. The van der Waals surface area contributed by atoms with Crippen molar-refractivity contribution in [1.29, 1.82) is 0 Å². The predicted molar refractivity (Wildman–Crippen MR) is 86.2 cm³/mol. The Bertz CT molecular complexity index is 714. The SMILES string of the molecule is CC(O)(P(=O)(O)O)P(=O)(O)O.O=C(O)CCC(CC(=O)O)(C(=O)O)P(=O)(O)O. The zero-order valence-electron chi connectivity index (χ0n) is 13.9. The molecule has 0 heterocycles. The molecule has 0 aliphatic heterocycles. The fourth-order valence-corrected chi connectivity index (χ4v) is 3.73. The van der Waals surface area contributed by atoms with Crippen LogP contribution in [0.2, 0.25) is 0 Å². The molecule has 28 heavy (non-hydrogen) atoms. The first-order valence-electron chi connectivity index (χ1n) is 6.59. The molecule has 0 bridgehead atoms. The maximum atomic E-state index is 11.1. The van der Waals surface area contributed by atoms with Crippen LogP contribution in [0.4, 0.5) is 0 Å². The molecule has 0 saturated carbocycles. The molecule has 0 aliphatic rings. The van der Waals surface area contributed by atoms with Crippen LogP contribution in [0.25, 0.3) is 0 Å². The van der Waals surface area contributed by atoms with Crippen LogP contribution >= 0.6 is 22.8 Å². The van der Waals surface area contributed by atoms with Crippen molar-refractivity contribution in [3.8, 4) is 0 Å². The van der Waals surface area contributed by atoms with Gasteiger partial charge >= 0.3 is 40.7 Å².